The molecule has 11 heavy (non-hydrogen) atoms. The molecule has 0 aliphatic heterocycles. The van der Waals surface area contributed by atoms with Crippen molar-refractivity contribution < 1.29 is 13.4 Å². The van der Waals surface area contributed by atoms with Crippen molar-refractivity contribution in [3.8, 4) is 5.88 Å². The zero-order valence-electron chi connectivity index (χ0n) is 8.74. The van der Waals surface area contributed by atoms with Crippen molar-refractivity contribution in [2.75, 3.05) is 13.6 Å². The number of aromatic nitrogens is 1. The molecule has 5 heteroatoms. The number of nitrogens with two attached hydrogens (primary N) is 1. The lowest BCUT2D eigenvalue weighted by atomic mass is 10.3. The van der Waals surface area contributed by atoms with Crippen LogP contribution in [0.4, 0.5) is 0 Å². The van der Waals surface area contributed by atoms with E-state index >= 15 is 0 Å². The Morgan fingerprint density at radius 3 is 3.36 bits per heavy atom. The molecule has 0 bridgehead atoms. The number of ether oxygens (including phenoxy) is 1. The van der Waals surface area contributed by atoms with Crippen molar-refractivity contribution in [1.29, 1.82) is 0 Å². The molecule has 4 nitrogen and oxygen atoms in total. The Kier molecular flexibility index (Phi) is 2.65. The van der Waals surface area contributed by atoms with Gasteiger partial charge in [-0.1, -0.05) is 0 Å². The average molecular weight is 182 g/mol. The molecule has 0 radical (unpaired) electrons. The second-order valence-corrected chi connectivity index (χ2v) is 1.77. The minimum atomic E-state index is -2.49. The minimum Gasteiger partial charge on any atom is -0.479 e. The number of hydrogen-bond donors (Lipinski definition) is 1. The summed E-state index contributed by atoms with van der Waals surface area (Å²) in [7, 11) is -2.49. The molecule has 0 aliphatic carbocycles. The van der Waals surface area contributed by atoms with Gasteiger partial charge in [-0.15, -0.1) is 12.4 Å². The molecule has 1 heterocycles. The highest BCUT2D eigenvalue weighted by molar-refractivity contribution is 5.85. The summed E-state index contributed by atoms with van der Waals surface area (Å²) < 4.78 is 29.6. The van der Waals surface area contributed by atoms with Gasteiger partial charge in [0, 0.05) is 12.5 Å². The maximum absolute atomic E-state index is 6.79. The van der Waals surface area contributed by atoms with E-state index in [0.29, 0.717) is 18.7 Å². The number of nitrogens with zero attached hydrogens (tertiary/aromatic N) is 1. The summed E-state index contributed by atoms with van der Waals surface area (Å²) in [6.45, 7) is 0.419. The topological polar surface area (TPSA) is 61.3 Å². The molecule has 0 amide bonds. The fourth-order valence-corrected chi connectivity index (χ4v) is 0.602. The maximum atomic E-state index is 6.79. The molecule has 1 rings (SSSR count). The van der Waals surface area contributed by atoms with Crippen LogP contribution < -0.4 is 10.5 Å². The number of rotatable bonds is 3. The molecule has 1 aromatic rings. The zero-order chi connectivity index (χ0) is 9.90. The summed E-state index contributed by atoms with van der Waals surface area (Å²) in [6, 6.07) is 1.42. The molecule has 0 atom stereocenters. The van der Waals surface area contributed by atoms with E-state index in [1.54, 1.807) is 0 Å². The molecular formula is C6H11ClN2O2. The van der Waals surface area contributed by atoms with Crippen LogP contribution in [0.3, 0.4) is 0 Å². The Morgan fingerprint density at radius 1 is 1.91 bits per heavy atom. The predicted molar refractivity (Wildman–Crippen MR) is 43.1 cm³/mol. The van der Waals surface area contributed by atoms with E-state index in [1.807, 2.05) is 0 Å². The molecule has 0 unspecified atom stereocenters. The smallest absolute Gasteiger partial charge is 0.254 e. The summed E-state index contributed by atoms with van der Waals surface area (Å²) in [4.78, 5) is 0. The number of halogens is 1. The summed E-state index contributed by atoms with van der Waals surface area (Å²) in [6.07, 6.45) is 0.511. The van der Waals surface area contributed by atoms with Crippen LogP contribution in [0, 0.1) is 0 Å². The van der Waals surface area contributed by atoms with Gasteiger partial charge in [-0.2, -0.15) is 0 Å². The van der Waals surface area contributed by atoms with Gasteiger partial charge in [-0.25, -0.2) is 0 Å². The largest absolute Gasteiger partial charge is 0.479 e. The first-order chi connectivity index (χ1) is 6.01. The van der Waals surface area contributed by atoms with E-state index in [2.05, 4.69) is 9.89 Å². The Balaban J connectivity index is 0.00000169. The summed E-state index contributed by atoms with van der Waals surface area (Å²) >= 11 is 0. The van der Waals surface area contributed by atoms with E-state index in [4.69, 9.17) is 14.4 Å². The third kappa shape index (κ3) is 2.78. The van der Waals surface area contributed by atoms with Gasteiger partial charge >= 0.3 is 0 Å². The van der Waals surface area contributed by atoms with Crippen LogP contribution in [0.5, 0.6) is 5.88 Å². The van der Waals surface area contributed by atoms with Crippen molar-refractivity contribution >= 4 is 12.4 Å². The monoisotopic (exact) mass is 181 g/mol. The SMILES string of the molecule is Cl.[2H]C([2H])([2H])Oc1cc(CCN)on1. The third-order valence-corrected chi connectivity index (χ3v) is 1.03. The minimum absolute atomic E-state index is 0. The van der Waals surface area contributed by atoms with Crippen molar-refractivity contribution in [3.05, 3.63) is 11.8 Å². The summed E-state index contributed by atoms with van der Waals surface area (Å²) in [5, 5.41) is 3.41. The highest BCUT2D eigenvalue weighted by atomic mass is 35.5. The van der Waals surface area contributed by atoms with Gasteiger partial charge in [0.2, 0.25) is 0 Å². The van der Waals surface area contributed by atoms with E-state index in [-0.39, 0.29) is 18.3 Å². The van der Waals surface area contributed by atoms with Crippen LogP contribution in [-0.2, 0) is 6.42 Å². The zero-order valence-corrected chi connectivity index (χ0v) is 6.56. The molecule has 1 aromatic heterocycles. The Bertz CT molecular complexity index is 276. The van der Waals surface area contributed by atoms with Crippen LogP contribution in [0.2, 0.25) is 0 Å². The van der Waals surface area contributed by atoms with Crippen LogP contribution in [0.1, 0.15) is 9.87 Å². The van der Waals surface area contributed by atoms with Gasteiger partial charge < -0.3 is 15.0 Å². The molecule has 0 saturated carbocycles. The molecule has 0 aliphatic rings. The Hall–Kier alpha value is -0.740. The van der Waals surface area contributed by atoms with Crippen LogP contribution in [0.25, 0.3) is 0 Å². The van der Waals surface area contributed by atoms with Gasteiger partial charge in [0.1, 0.15) is 5.76 Å². The normalized spacial score (nSPS) is 14.1. The first-order valence-electron chi connectivity index (χ1n) is 4.36. The first kappa shape index (κ1) is 5.85. The fourth-order valence-electron chi connectivity index (χ4n) is 0.602. The highest BCUT2D eigenvalue weighted by Gasteiger charge is 2.00. The standard InChI is InChI=1S/C6H10N2O2.ClH/c1-9-6-4-5(2-3-7)10-8-6;/h4H,2-3,7H2,1H3;1H/i1D3;. The lowest BCUT2D eigenvalue weighted by Crippen LogP contribution is -2.01. The average Bonchev–Trinajstić information content (AvgIpc) is 2.33. The lowest BCUT2D eigenvalue weighted by Gasteiger charge is -1.85. The molecule has 0 saturated heterocycles. The van der Waals surface area contributed by atoms with Gasteiger partial charge in [-0.05, 0) is 11.7 Å². The molecule has 2 N–H and O–H groups in total. The van der Waals surface area contributed by atoms with Gasteiger partial charge in [0.05, 0.1) is 11.2 Å². The molecule has 0 aromatic carbocycles. The van der Waals surface area contributed by atoms with Crippen LogP contribution >= 0.6 is 12.4 Å². The van der Waals surface area contributed by atoms with Gasteiger partial charge in [0.15, 0.2) is 0 Å². The fraction of sp³-hybridized carbons (Fsp3) is 0.500. The van der Waals surface area contributed by atoms with Crippen molar-refractivity contribution in [2.45, 2.75) is 6.42 Å². The lowest BCUT2D eigenvalue weighted by molar-refractivity contribution is 0.327. The second-order valence-electron chi connectivity index (χ2n) is 1.77. The molecular weight excluding hydrogens is 168 g/mol. The third-order valence-electron chi connectivity index (χ3n) is 1.03. The Labute approximate surface area is 75.3 Å². The van der Waals surface area contributed by atoms with E-state index in [0.717, 1.165) is 0 Å². The second kappa shape index (κ2) is 4.98. The van der Waals surface area contributed by atoms with Crippen molar-refractivity contribution in [2.24, 2.45) is 5.73 Å². The summed E-state index contributed by atoms with van der Waals surface area (Å²) in [5.74, 6) is 0.477. The van der Waals surface area contributed by atoms with Crippen LogP contribution in [-0.4, -0.2) is 18.7 Å². The first-order valence-corrected chi connectivity index (χ1v) is 2.86. The predicted octanol–water partition coefficient (Wildman–Crippen LogP) is 0.606. The molecule has 64 valence electrons. The maximum Gasteiger partial charge on any atom is 0.254 e. The summed E-state index contributed by atoms with van der Waals surface area (Å²) in [5.41, 5.74) is 5.26. The number of methoxy groups -OCH3 is 1. The van der Waals surface area contributed by atoms with Gasteiger partial charge in [-0.3, -0.25) is 0 Å². The van der Waals surface area contributed by atoms with E-state index in [9.17, 15) is 0 Å². The Morgan fingerprint density at radius 2 is 2.73 bits per heavy atom. The van der Waals surface area contributed by atoms with E-state index in [1.165, 1.54) is 6.07 Å². The van der Waals surface area contributed by atoms with E-state index < -0.39 is 7.04 Å². The van der Waals surface area contributed by atoms with Crippen molar-refractivity contribution in [3.63, 3.8) is 0 Å². The number of hydrogen-bond acceptors (Lipinski definition) is 4. The highest BCUT2D eigenvalue weighted by Crippen LogP contribution is 2.09. The van der Waals surface area contributed by atoms with Crippen LogP contribution in [0.15, 0.2) is 10.6 Å². The van der Waals surface area contributed by atoms with Gasteiger partial charge in [0.25, 0.3) is 5.88 Å². The molecule has 0 fully saturated rings. The van der Waals surface area contributed by atoms with Crippen molar-refractivity contribution in [1.82, 2.24) is 5.16 Å². The quantitative estimate of drug-likeness (QED) is 0.742. The molecule has 0 spiro atoms.